The predicted molar refractivity (Wildman–Crippen MR) is 109 cm³/mol. The molecule has 0 aliphatic carbocycles. The van der Waals surface area contributed by atoms with E-state index in [-0.39, 0.29) is 17.0 Å². The Hall–Kier alpha value is -3.61. The number of pyridine rings is 2. The average Bonchev–Trinajstić information content (AvgIpc) is 3.25. The zero-order chi connectivity index (χ0) is 19.6. The number of nitrogens with zero attached hydrogens (tertiary/aromatic N) is 2. The maximum Gasteiger partial charge on any atom is 0.255 e. The van der Waals surface area contributed by atoms with Gasteiger partial charge in [0, 0.05) is 40.3 Å². The number of benzene rings is 1. The van der Waals surface area contributed by atoms with Crippen molar-refractivity contribution in [2.24, 2.45) is 0 Å². The van der Waals surface area contributed by atoms with Gasteiger partial charge in [-0.15, -0.1) is 0 Å². The predicted octanol–water partition coefficient (Wildman–Crippen LogP) is 3.87. The largest absolute Gasteiger partial charge is 0.453 e. The van der Waals surface area contributed by atoms with Gasteiger partial charge in [0.15, 0.2) is 16.7 Å². The van der Waals surface area contributed by atoms with Gasteiger partial charge in [0.2, 0.25) is 0 Å². The van der Waals surface area contributed by atoms with Gasteiger partial charge in [0.1, 0.15) is 11.1 Å². The topological polar surface area (TPSA) is 96.7 Å². The summed E-state index contributed by atoms with van der Waals surface area (Å²) in [5, 5.41) is 4.78. The van der Waals surface area contributed by atoms with Crippen LogP contribution >= 0.6 is 0 Å². The monoisotopic (exact) mass is 374 g/mol. The number of aromatic amines is 2. The molecule has 0 aliphatic rings. The van der Waals surface area contributed by atoms with Gasteiger partial charge < -0.3 is 14.5 Å². The van der Waals surface area contributed by atoms with E-state index in [1.54, 1.807) is 31.3 Å². The fraction of sp³-hybridized carbons (Fsp3) is 0.190. The molecule has 4 heterocycles. The van der Waals surface area contributed by atoms with Gasteiger partial charge in [-0.1, -0.05) is 0 Å². The molecule has 7 nitrogen and oxygen atoms in total. The fourth-order valence-electron chi connectivity index (χ4n) is 3.74. The highest BCUT2D eigenvalue weighted by molar-refractivity contribution is 6.14. The molecule has 0 spiro atoms. The van der Waals surface area contributed by atoms with Crippen LogP contribution in [0.3, 0.4) is 0 Å². The molecule has 0 unspecified atom stereocenters. The summed E-state index contributed by atoms with van der Waals surface area (Å²) in [6.07, 6.45) is 3.43. The van der Waals surface area contributed by atoms with Crippen LogP contribution in [0.5, 0.6) is 0 Å². The maximum atomic E-state index is 12.6. The number of hydrogen-bond acceptors (Lipinski definition) is 4. The summed E-state index contributed by atoms with van der Waals surface area (Å²) in [6.45, 7) is 5.85. The molecular weight excluding hydrogens is 356 g/mol. The van der Waals surface area contributed by atoms with E-state index in [0.29, 0.717) is 33.4 Å². The molecule has 0 saturated carbocycles. The van der Waals surface area contributed by atoms with E-state index >= 15 is 0 Å². The van der Waals surface area contributed by atoms with Crippen LogP contribution in [-0.2, 0) is 0 Å². The van der Waals surface area contributed by atoms with Crippen molar-refractivity contribution in [2.45, 2.75) is 26.8 Å². The van der Waals surface area contributed by atoms with Gasteiger partial charge in [0.05, 0.1) is 5.56 Å². The molecular formula is C21H18N4O3. The highest BCUT2D eigenvalue weighted by atomic mass is 16.3. The van der Waals surface area contributed by atoms with Crippen LogP contribution in [0.2, 0.25) is 0 Å². The molecule has 0 saturated heterocycles. The quantitative estimate of drug-likeness (QED) is 0.490. The van der Waals surface area contributed by atoms with Crippen molar-refractivity contribution in [3.8, 4) is 11.1 Å². The van der Waals surface area contributed by atoms with Gasteiger partial charge >= 0.3 is 0 Å². The van der Waals surface area contributed by atoms with Crippen molar-refractivity contribution < 1.29 is 4.42 Å². The Morgan fingerprint density at radius 2 is 1.93 bits per heavy atom. The summed E-state index contributed by atoms with van der Waals surface area (Å²) >= 11 is 0. The second-order valence-electron chi connectivity index (χ2n) is 7.22. The third-order valence-corrected chi connectivity index (χ3v) is 5.17. The summed E-state index contributed by atoms with van der Waals surface area (Å²) in [7, 11) is 0. The van der Waals surface area contributed by atoms with Crippen molar-refractivity contribution in [3.05, 3.63) is 62.8 Å². The van der Waals surface area contributed by atoms with Crippen molar-refractivity contribution in [1.82, 2.24) is 19.7 Å². The van der Waals surface area contributed by atoms with Gasteiger partial charge in [0.25, 0.3) is 5.56 Å². The Morgan fingerprint density at radius 1 is 1.11 bits per heavy atom. The lowest BCUT2D eigenvalue weighted by Crippen LogP contribution is -2.08. The molecule has 0 fully saturated rings. The Labute approximate surface area is 158 Å². The molecule has 0 radical (unpaired) electrons. The zero-order valence-corrected chi connectivity index (χ0v) is 15.7. The summed E-state index contributed by atoms with van der Waals surface area (Å²) < 4.78 is 8.09. The van der Waals surface area contributed by atoms with E-state index in [2.05, 4.69) is 23.9 Å². The van der Waals surface area contributed by atoms with Crippen LogP contribution < -0.4 is 11.0 Å². The molecule has 140 valence electrons. The third-order valence-electron chi connectivity index (χ3n) is 5.17. The van der Waals surface area contributed by atoms with E-state index in [9.17, 15) is 9.59 Å². The molecule has 0 aliphatic heterocycles. The molecule has 7 heteroatoms. The van der Waals surface area contributed by atoms with Gasteiger partial charge in [-0.3, -0.25) is 14.3 Å². The van der Waals surface area contributed by atoms with Crippen LogP contribution in [0, 0.1) is 6.92 Å². The van der Waals surface area contributed by atoms with Crippen LogP contribution in [-0.4, -0.2) is 19.7 Å². The maximum absolute atomic E-state index is 12.6. The Morgan fingerprint density at radius 3 is 2.68 bits per heavy atom. The SMILES string of the molecule is Cc1c(=O)ccc2c1oc1c(-c3ccc[nH]c3=O)c3c[nH]n(C(C)C)c3nc12. The van der Waals surface area contributed by atoms with Crippen LogP contribution in [0.25, 0.3) is 44.2 Å². The highest BCUT2D eigenvalue weighted by Crippen LogP contribution is 2.38. The number of rotatable bonds is 2. The van der Waals surface area contributed by atoms with E-state index in [0.717, 1.165) is 16.4 Å². The van der Waals surface area contributed by atoms with Gasteiger partial charge in [-0.25, -0.2) is 4.98 Å². The third kappa shape index (κ3) is 2.13. The molecule has 2 N–H and O–H groups in total. The first-order valence-corrected chi connectivity index (χ1v) is 9.11. The lowest BCUT2D eigenvalue weighted by atomic mass is 10.0. The number of aryl methyl sites for hydroxylation is 1. The lowest BCUT2D eigenvalue weighted by molar-refractivity contribution is 0.547. The summed E-state index contributed by atoms with van der Waals surface area (Å²) in [4.78, 5) is 32.3. The zero-order valence-electron chi connectivity index (χ0n) is 15.7. The second-order valence-corrected chi connectivity index (χ2v) is 7.22. The number of aromatic nitrogens is 4. The fourth-order valence-corrected chi connectivity index (χ4v) is 3.74. The van der Waals surface area contributed by atoms with Gasteiger partial charge in [-0.05, 0) is 45.0 Å². The number of hydrogen-bond donors (Lipinski definition) is 2. The first-order chi connectivity index (χ1) is 13.5. The second kappa shape index (κ2) is 5.69. The van der Waals surface area contributed by atoms with Crippen LogP contribution in [0.15, 0.2) is 50.7 Å². The molecule has 0 bridgehead atoms. The normalized spacial score (nSPS) is 12.0. The average molecular weight is 374 g/mol. The first kappa shape index (κ1) is 16.6. The minimum Gasteiger partial charge on any atom is -0.453 e. The van der Waals surface area contributed by atoms with Gasteiger partial charge in [-0.2, -0.15) is 0 Å². The molecule has 4 aromatic heterocycles. The van der Waals surface area contributed by atoms with Crippen molar-refractivity contribution in [1.29, 1.82) is 0 Å². The summed E-state index contributed by atoms with van der Waals surface area (Å²) in [5.74, 6) is 0. The Bertz CT molecular complexity index is 1500. The number of nitrogens with one attached hydrogen (secondary N) is 2. The molecule has 0 atom stereocenters. The molecule has 0 amide bonds. The standard InChI is InChI=1S/C21H18N4O3/c1-10(2)25-20-14(9-23-25)16(12-5-4-8-22-21(12)27)19-17(24-20)13-6-7-15(26)11(3)18(13)28-19/h4-10,23H,1-3H3,(H,22,27). The first-order valence-electron chi connectivity index (χ1n) is 9.11. The summed E-state index contributed by atoms with van der Waals surface area (Å²) in [5.41, 5.74) is 3.77. The van der Waals surface area contributed by atoms with Crippen molar-refractivity contribution in [2.75, 3.05) is 0 Å². The van der Waals surface area contributed by atoms with E-state index < -0.39 is 0 Å². The minimum absolute atomic E-state index is 0.0877. The number of furan rings is 1. The van der Waals surface area contributed by atoms with Crippen molar-refractivity contribution >= 4 is 33.1 Å². The van der Waals surface area contributed by atoms with E-state index in [1.807, 2.05) is 10.9 Å². The van der Waals surface area contributed by atoms with Crippen LogP contribution in [0.1, 0.15) is 25.5 Å². The lowest BCUT2D eigenvalue weighted by Gasteiger charge is -2.09. The van der Waals surface area contributed by atoms with E-state index in [4.69, 9.17) is 9.40 Å². The smallest absolute Gasteiger partial charge is 0.255 e. The van der Waals surface area contributed by atoms with E-state index in [1.165, 1.54) is 6.07 Å². The number of H-pyrrole nitrogens is 2. The Kier molecular flexibility index (Phi) is 3.37. The molecule has 5 aromatic rings. The summed E-state index contributed by atoms with van der Waals surface area (Å²) in [6, 6.07) is 6.96. The minimum atomic E-state index is -0.213. The highest BCUT2D eigenvalue weighted by Gasteiger charge is 2.23. The van der Waals surface area contributed by atoms with Crippen LogP contribution in [0.4, 0.5) is 0 Å². The molecule has 5 rings (SSSR count). The van der Waals surface area contributed by atoms with Crippen molar-refractivity contribution in [3.63, 3.8) is 0 Å². The number of fused-ring (bicyclic) bond motifs is 4. The Balaban J connectivity index is 2.08. The molecule has 28 heavy (non-hydrogen) atoms. The molecule has 1 aromatic carbocycles.